The lowest BCUT2D eigenvalue weighted by atomic mass is 10.0. The molecule has 0 fully saturated rings. The highest BCUT2D eigenvalue weighted by Gasteiger charge is 2.21. The molecule has 122 valence electrons. The van der Waals surface area contributed by atoms with Crippen LogP contribution in [0.3, 0.4) is 0 Å². The van der Waals surface area contributed by atoms with Crippen LogP contribution < -0.4 is 4.74 Å². The summed E-state index contributed by atoms with van der Waals surface area (Å²) in [6.45, 7) is 5.24. The Morgan fingerprint density at radius 2 is 1.87 bits per heavy atom. The van der Waals surface area contributed by atoms with E-state index in [1.807, 2.05) is 0 Å². The van der Waals surface area contributed by atoms with Gasteiger partial charge in [0.2, 0.25) is 0 Å². The van der Waals surface area contributed by atoms with Gasteiger partial charge in [-0.3, -0.25) is 0 Å². The van der Waals surface area contributed by atoms with E-state index in [1.54, 1.807) is 39.0 Å². The molecule has 23 heavy (non-hydrogen) atoms. The van der Waals surface area contributed by atoms with Crippen molar-refractivity contribution >= 4 is 18.0 Å². The van der Waals surface area contributed by atoms with Crippen LogP contribution in [0.4, 0.5) is 0 Å². The second-order valence-corrected chi connectivity index (χ2v) is 5.62. The van der Waals surface area contributed by atoms with Crippen LogP contribution in [0.25, 0.3) is 6.08 Å². The zero-order valence-corrected chi connectivity index (χ0v) is 13.8. The fraction of sp³-hybridized carbons (Fsp3) is 0.353. The Balaban J connectivity index is 3.38. The van der Waals surface area contributed by atoms with Crippen LogP contribution in [0.2, 0.25) is 0 Å². The molecule has 0 aromatic heterocycles. The van der Waals surface area contributed by atoms with E-state index in [0.29, 0.717) is 11.3 Å². The largest absolute Gasteiger partial charge is 0.497 e. The molecule has 0 radical (unpaired) electrons. The SMILES string of the molecule is COC(=O)/C(C#N)=C/c1ccc(OC)cc1C(=O)OC(C)(C)C. The van der Waals surface area contributed by atoms with Crippen molar-refractivity contribution in [1.82, 2.24) is 0 Å². The van der Waals surface area contributed by atoms with Gasteiger partial charge in [0.1, 0.15) is 23.0 Å². The van der Waals surface area contributed by atoms with Crippen LogP contribution in [0.1, 0.15) is 36.7 Å². The van der Waals surface area contributed by atoms with Gasteiger partial charge in [0, 0.05) is 0 Å². The van der Waals surface area contributed by atoms with Crippen molar-refractivity contribution in [3.05, 3.63) is 34.9 Å². The Kier molecular flexibility index (Phi) is 5.91. The number of carbonyl (C=O) groups is 2. The molecule has 1 rings (SSSR count). The summed E-state index contributed by atoms with van der Waals surface area (Å²) in [6, 6.07) is 6.42. The Labute approximate surface area is 135 Å². The number of methoxy groups -OCH3 is 2. The fourth-order valence-electron chi connectivity index (χ4n) is 1.70. The molecular weight excluding hydrogens is 298 g/mol. The van der Waals surface area contributed by atoms with E-state index in [4.69, 9.17) is 14.7 Å². The van der Waals surface area contributed by atoms with Crippen molar-refractivity contribution in [2.45, 2.75) is 26.4 Å². The molecule has 0 aliphatic carbocycles. The van der Waals surface area contributed by atoms with Crippen molar-refractivity contribution in [3.8, 4) is 11.8 Å². The van der Waals surface area contributed by atoms with Gasteiger partial charge in [-0.05, 0) is 44.5 Å². The zero-order chi connectivity index (χ0) is 17.6. The van der Waals surface area contributed by atoms with Gasteiger partial charge in [-0.1, -0.05) is 6.07 Å². The molecule has 0 atom stereocenters. The number of nitrogens with zero attached hydrogens (tertiary/aromatic N) is 1. The molecular formula is C17H19NO5. The van der Waals surface area contributed by atoms with E-state index >= 15 is 0 Å². The van der Waals surface area contributed by atoms with Gasteiger partial charge in [-0.25, -0.2) is 9.59 Å². The Morgan fingerprint density at radius 3 is 2.35 bits per heavy atom. The Bertz CT molecular complexity index is 677. The lowest BCUT2D eigenvalue weighted by Crippen LogP contribution is -2.24. The molecule has 0 N–H and O–H groups in total. The molecule has 0 saturated carbocycles. The predicted octanol–water partition coefficient (Wildman–Crippen LogP) is 2.73. The number of esters is 2. The highest BCUT2D eigenvalue weighted by atomic mass is 16.6. The highest BCUT2D eigenvalue weighted by Crippen LogP contribution is 2.23. The van der Waals surface area contributed by atoms with E-state index in [1.165, 1.54) is 26.4 Å². The molecule has 6 heteroatoms. The lowest BCUT2D eigenvalue weighted by Gasteiger charge is -2.20. The van der Waals surface area contributed by atoms with E-state index in [2.05, 4.69) is 4.74 Å². The smallest absolute Gasteiger partial charge is 0.348 e. The summed E-state index contributed by atoms with van der Waals surface area (Å²) < 4.78 is 15.0. The number of nitriles is 1. The Hall–Kier alpha value is -2.81. The van der Waals surface area contributed by atoms with E-state index in [9.17, 15) is 9.59 Å². The summed E-state index contributed by atoms with van der Waals surface area (Å²) >= 11 is 0. The van der Waals surface area contributed by atoms with Gasteiger partial charge in [-0.15, -0.1) is 0 Å². The van der Waals surface area contributed by atoms with Crippen molar-refractivity contribution < 1.29 is 23.8 Å². The van der Waals surface area contributed by atoms with Gasteiger partial charge < -0.3 is 14.2 Å². The fourth-order valence-corrected chi connectivity index (χ4v) is 1.70. The molecule has 1 aromatic rings. The van der Waals surface area contributed by atoms with Crippen LogP contribution in [0.5, 0.6) is 5.75 Å². The molecule has 0 aliphatic rings. The summed E-state index contributed by atoms with van der Waals surface area (Å²) in [4.78, 5) is 23.9. The second-order valence-electron chi connectivity index (χ2n) is 5.62. The van der Waals surface area contributed by atoms with Crippen LogP contribution in [-0.2, 0) is 14.3 Å². The number of benzene rings is 1. The third kappa shape index (κ3) is 5.15. The summed E-state index contributed by atoms with van der Waals surface area (Å²) in [5.74, 6) is -0.900. The summed E-state index contributed by atoms with van der Waals surface area (Å²) in [5, 5.41) is 9.05. The average molecular weight is 317 g/mol. The highest BCUT2D eigenvalue weighted by molar-refractivity contribution is 6.01. The zero-order valence-electron chi connectivity index (χ0n) is 13.8. The third-order valence-electron chi connectivity index (χ3n) is 2.70. The number of hydrogen-bond donors (Lipinski definition) is 0. The van der Waals surface area contributed by atoms with Crippen LogP contribution in [0, 0.1) is 11.3 Å². The monoisotopic (exact) mass is 317 g/mol. The average Bonchev–Trinajstić information content (AvgIpc) is 2.50. The molecule has 1 aromatic carbocycles. The number of ether oxygens (including phenoxy) is 3. The predicted molar refractivity (Wildman–Crippen MR) is 83.8 cm³/mol. The first kappa shape index (κ1) is 18.2. The lowest BCUT2D eigenvalue weighted by molar-refractivity contribution is -0.135. The quantitative estimate of drug-likeness (QED) is 0.482. The van der Waals surface area contributed by atoms with Crippen LogP contribution in [-0.4, -0.2) is 31.8 Å². The number of rotatable bonds is 4. The molecule has 0 unspecified atom stereocenters. The molecule has 0 spiro atoms. The molecule has 0 heterocycles. The van der Waals surface area contributed by atoms with E-state index in [0.717, 1.165) is 0 Å². The maximum atomic E-state index is 12.4. The van der Waals surface area contributed by atoms with Gasteiger partial charge >= 0.3 is 11.9 Å². The first-order valence-electron chi connectivity index (χ1n) is 6.83. The van der Waals surface area contributed by atoms with Crippen molar-refractivity contribution in [3.63, 3.8) is 0 Å². The van der Waals surface area contributed by atoms with Gasteiger partial charge in [0.25, 0.3) is 0 Å². The first-order chi connectivity index (χ1) is 10.7. The van der Waals surface area contributed by atoms with E-state index in [-0.39, 0.29) is 11.1 Å². The topological polar surface area (TPSA) is 85.6 Å². The molecule has 0 saturated heterocycles. The van der Waals surface area contributed by atoms with Gasteiger partial charge in [0.15, 0.2) is 0 Å². The molecule has 0 aliphatic heterocycles. The van der Waals surface area contributed by atoms with Crippen molar-refractivity contribution in [2.24, 2.45) is 0 Å². The Morgan fingerprint density at radius 1 is 1.22 bits per heavy atom. The van der Waals surface area contributed by atoms with Crippen molar-refractivity contribution in [2.75, 3.05) is 14.2 Å². The number of hydrogen-bond acceptors (Lipinski definition) is 6. The van der Waals surface area contributed by atoms with Crippen LogP contribution >= 0.6 is 0 Å². The first-order valence-corrected chi connectivity index (χ1v) is 6.83. The number of carbonyl (C=O) groups excluding carboxylic acids is 2. The van der Waals surface area contributed by atoms with Crippen LogP contribution in [0.15, 0.2) is 23.8 Å². The second kappa shape index (κ2) is 7.45. The standard InChI is InChI=1S/C17H19NO5/c1-17(2,3)23-16(20)14-9-13(21-4)7-6-11(14)8-12(10-18)15(19)22-5/h6-9H,1-5H3/b12-8+. The van der Waals surface area contributed by atoms with Gasteiger partial charge in [-0.2, -0.15) is 5.26 Å². The normalized spacial score (nSPS) is 11.4. The minimum atomic E-state index is -0.779. The summed E-state index contributed by atoms with van der Waals surface area (Å²) in [5.41, 5.74) is -0.345. The minimum Gasteiger partial charge on any atom is -0.497 e. The maximum absolute atomic E-state index is 12.4. The molecule has 6 nitrogen and oxygen atoms in total. The molecule has 0 amide bonds. The maximum Gasteiger partial charge on any atom is 0.348 e. The summed E-state index contributed by atoms with van der Waals surface area (Å²) in [7, 11) is 2.65. The van der Waals surface area contributed by atoms with Crippen molar-refractivity contribution in [1.29, 1.82) is 5.26 Å². The summed E-state index contributed by atoms with van der Waals surface area (Å²) in [6.07, 6.45) is 1.28. The molecule has 0 bridgehead atoms. The third-order valence-corrected chi connectivity index (χ3v) is 2.70. The van der Waals surface area contributed by atoms with E-state index < -0.39 is 17.5 Å². The van der Waals surface area contributed by atoms with Gasteiger partial charge in [0.05, 0.1) is 19.8 Å². The minimum absolute atomic E-state index is 0.191.